The lowest BCUT2D eigenvalue weighted by Crippen LogP contribution is -2.47. The Morgan fingerprint density at radius 3 is 2.67 bits per heavy atom. The maximum absolute atomic E-state index is 12.6. The number of benzene rings is 1. The molecule has 4 nitrogen and oxygen atoms in total. The predicted molar refractivity (Wildman–Crippen MR) is 76.1 cm³/mol. The van der Waals surface area contributed by atoms with Crippen molar-refractivity contribution in [3.63, 3.8) is 0 Å². The number of anilines is 1. The monoisotopic (exact) mass is 286 g/mol. The van der Waals surface area contributed by atoms with Crippen LogP contribution in [0.5, 0.6) is 0 Å². The SMILES string of the molecule is CC1SCCN(S(=O)(=O)c2ccccc2N)C1C. The molecule has 0 bridgehead atoms. The first-order valence-electron chi connectivity index (χ1n) is 5.92. The third-order valence-electron chi connectivity index (χ3n) is 3.33. The van der Waals surface area contributed by atoms with E-state index in [9.17, 15) is 8.42 Å². The Balaban J connectivity index is 2.40. The molecule has 0 saturated carbocycles. The van der Waals surface area contributed by atoms with Crippen LogP contribution in [0.3, 0.4) is 0 Å². The van der Waals surface area contributed by atoms with Crippen molar-refractivity contribution in [1.82, 2.24) is 4.31 Å². The third-order valence-corrected chi connectivity index (χ3v) is 6.73. The van der Waals surface area contributed by atoms with E-state index in [-0.39, 0.29) is 10.9 Å². The molecule has 1 aliphatic rings. The number of hydrogen-bond donors (Lipinski definition) is 1. The summed E-state index contributed by atoms with van der Waals surface area (Å²) in [6.45, 7) is 4.56. The first-order chi connectivity index (χ1) is 8.44. The third kappa shape index (κ3) is 2.37. The Morgan fingerprint density at radius 2 is 2.00 bits per heavy atom. The normalized spacial score (nSPS) is 26.1. The topological polar surface area (TPSA) is 63.4 Å². The minimum absolute atomic E-state index is 0.00615. The van der Waals surface area contributed by atoms with Gasteiger partial charge in [-0.05, 0) is 19.1 Å². The minimum Gasteiger partial charge on any atom is -0.398 e. The zero-order chi connectivity index (χ0) is 13.3. The summed E-state index contributed by atoms with van der Waals surface area (Å²) in [7, 11) is -3.48. The number of rotatable bonds is 2. The van der Waals surface area contributed by atoms with Crippen LogP contribution in [-0.2, 0) is 10.0 Å². The summed E-state index contributed by atoms with van der Waals surface area (Å²) in [5.74, 6) is 0.831. The van der Waals surface area contributed by atoms with Crippen LogP contribution in [0.1, 0.15) is 13.8 Å². The zero-order valence-electron chi connectivity index (χ0n) is 10.5. The highest BCUT2D eigenvalue weighted by Gasteiger charge is 2.35. The van der Waals surface area contributed by atoms with Gasteiger partial charge in [0, 0.05) is 23.6 Å². The number of hydrogen-bond acceptors (Lipinski definition) is 4. The highest BCUT2D eigenvalue weighted by Crippen LogP contribution is 2.31. The first-order valence-corrected chi connectivity index (χ1v) is 8.41. The van der Waals surface area contributed by atoms with Gasteiger partial charge in [-0.25, -0.2) is 8.42 Å². The van der Waals surface area contributed by atoms with Gasteiger partial charge in [0.15, 0.2) is 0 Å². The van der Waals surface area contributed by atoms with E-state index in [1.54, 1.807) is 28.6 Å². The number of sulfonamides is 1. The summed E-state index contributed by atoms with van der Waals surface area (Å²) < 4.78 is 26.8. The summed E-state index contributed by atoms with van der Waals surface area (Å²) in [4.78, 5) is 0.218. The van der Waals surface area contributed by atoms with Crippen LogP contribution < -0.4 is 5.73 Å². The Bertz CT molecular complexity index is 531. The summed E-state index contributed by atoms with van der Waals surface area (Å²) in [5, 5.41) is 0.304. The van der Waals surface area contributed by atoms with Crippen LogP contribution in [0.4, 0.5) is 5.69 Å². The summed E-state index contributed by atoms with van der Waals surface area (Å²) >= 11 is 1.81. The maximum atomic E-state index is 12.6. The van der Waals surface area contributed by atoms with Gasteiger partial charge in [0.25, 0.3) is 0 Å². The Labute approximate surface area is 113 Å². The van der Waals surface area contributed by atoms with E-state index in [4.69, 9.17) is 5.73 Å². The van der Waals surface area contributed by atoms with Crippen LogP contribution in [0.25, 0.3) is 0 Å². The molecule has 1 aromatic rings. The molecule has 0 aromatic heterocycles. The summed E-state index contributed by atoms with van der Waals surface area (Å²) in [6, 6.07) is 6.64. The van der Waals surface area contributed by atoms with E-state index in [1.807, 2.05) is 18.7 Å². The van der Waals surface area contributed by atoms with Crippen molar-refractivity contribution >= 4 is 27.5 Å². The number of para-hydroxylation sites is 1. The van der Waals surface area contributed by atoms with Crippen molar-refractivity contribution in [1.29, 1.82) is 0 Å². The zero-order valence-corrected chi connectivity index (χ0v) is 12.2. The molecule has 1 aromatic carbocycles. The van der Waals surface area contributed by atoms with Crippen molar-refractivity contribution in [3.8, 4) is 0 Å². The fraction of sp³-hybridized carbons (Fsp3) is 0.500. The number of thioether (sulfide) groups is 1. The van der Waals surface area contributed by atoms with E-state index in [2.05, 4.69) is 6.92 Å². The molecule has 2 rings (SSSR count). The smallest absolute Gasteiger partial charge is 0.245 e. The van der Waals surface area contributed by atoms with Crippen molar-refractivity contribution < 1.29 is 8.42 Å². The Kier molecular flexibility index (Phi) is 3.89. The number of nitrogen functional groups attached to an aromatic ring is 1. The second kappa shape index (κ2) is 5.11. The van der Waals surface area contributed by atoms with Crippen LogP contribution in [-0.4, -0.2) is 36.3 Å². The molecule has 2 atom stereocenters. The molecule has 2 N–H and O–H groups in total. The van der Waals surface area contributed by atoms with E-state index in [0.717, 1.165) is 5.75 Å². The van der Waals surface area contributed by atoms with Gasteiger partial charge in [-0.2, -0.15) is 16.1 Å². The van der Waals surface area contributed by atoms with Gasteiger partial charge in [-0.3, -0.25) is 0 Å². The van der Waals surface area contributed by atoms with Crippen LogP contribution >= 0.6 is 11.8 Å². The van der Waals surface area contributed by atoms with Gasteiger partial charge >= 0.3 is 0 Å². The summed E-state index contributed by atoms with van der Waals surface area (Å²) in [5.41, 5.74) is 6.10. The van der Waals surface area contributed by atoms with E-state index in [1.165, 1.54) is 0 Å². The lowest BCUT2D eigenvalue weighted by Gasteiger charge is -2.36. The molecule has 1 fully saturated rings. The Hall–Kier alpha value is -0.720. The molecular weight excluding hydrogens is 268 g/mol. The van der Waals surface area contributed by atoms with Gasteiger partial charge < -0.3 is 5.73 Å². The lowest BCUT2D eigenvalue weighted by molar-refractivity contribution is 0.340. The second-order valence-electron chi connectivity index (χ2n) is 4.47. The molecule has 1 heterocycles. The van der Waals surface area contributed by atoms with Crippen LogP contribution in [0.2, 0.25) is 0 Å². The molecule has 6 heteroatoms. The highest BCUT2D eigenvalue weighted by molar-refractivity contribution is 8.00. The van der Waals surface area contributed by atoms with Crippen LogP contribution in [0, 0.1) is 0 Å². The predicted octanol–water partition coefficient (Wildman–Crippen LogP) is 1.78. The van der Waals surface area contributed by atoms with Gasteiger partial charge in [0.1, 0.15) is 4.90 Å². The molecule has 1 aliphatic heterocycles. The molecule has 0 radical (unpaired) electrons. The van der Waals surface area contributed by atoms with Gasteiger partial charge in [-0.15, -0.1) is 0 Å². The van der Waals surface area contributed by atoms with E-state index >= 15 is 0 Å². The van der Waals surface area contributed by atoms with Crippen molar-refractivity contribution in [2.24, 2.45) is 0 Å². The molecule has 100 valence electrons. The van der Waals surface area contributed by atoms with Crippen molar-refractivity contribution in [2.45, 2.75) is 30.0 Å². The highest BCUT2D eigenvalue weighted by atomic mass is 32.2. The largest absolute Gasteiger partial charge is 0.398 e. The molecule has 1 saturated heterocycles. The van der Waals surface area contributed by atoms with Gasteiger partial charge in [0.2, 0.25) is 10.0 Å². The average molecular weight is 286 g/mol. The van der Waals surface area contributed by atoms with Crippen molar-refractivity contribution in [2.75, 3.05) is 18.0 Å². The van der Waals surface area contributed by atoms with E-state index < -0.39 is 10.0 Å². The number of nitrogens with two attached hydrogens (primary N) is 1. The van der Waals surface area contributed by atoms with Crippen LogP contribution in [0.15, 0.2) is 29.2 Å². The maximum Gasteiger partial charge on any atom is 0.245 e. The molecule has 0 aliphatic carbocycles. The van der Waals surface area contributed by atoms with Gasteiger partial charge in [0.05, 0.1) is 5.69 Å². The Morgan fingerprint density at radius 1 is 1.33 bits per heavy atom. The lowest BCUT2D eigenvalue weighted by atomic mass is 10.2. The van der Waals surface area contributed by atoms with Crippen molar-refractivity contribution in [3.05, 3.63) is 24.3 Å². The van der Waals surface area contributed by atoms with Gasteiger partial charge in [-0.1, -0.05) is 19.1 Å². The summed E-state index contributed by atoms with van der Waals surface area (Å²) in [6.07, 6.45) is 0. The fourth-order valence-corrected chi connectivity index (χ4v) is 5.20. The molecule has 0 spiro atoms. The quantitative estimate of drug-likeness (QED) is 0.842. The minimum atomic E-state index is -3.48. The molecule has 2 unspecified atom stereocenters. The second-order valence-corrected chi connectivity index (χ2v) is 7.81. The van der Waals surface area contributed by atoms with E-state index in [0.29, 0.717) is 17.5 Å². The number of nitrogens with zero attached hydrogens (tertiary/aromatic N) is 1. The fourth-order valence-electron chi connectivity index (χ4n) is 2.09. The molecule has 0 amide bonds. The molecular formula is C12H18N2O2S2. The first kappa shape index (κ1) is 13.7. The molecule has 18 heavy (non-hydrogen) atoms. The standard InChI is InChI=1S/C12H18N2O2S2/c1-9-10(2)17-8-7-14(9)18(15,16)12-6-4-3-5-11(12)13/h3-6,9-10H,7-8,13H2,1-2H3. The average Bonchev–Trinajstić information content (AvgIpc) is 2.32.